The lowest BCUT2D eigenvalue weighted by Crippen LogP contribution is -2.41. The molecule has 0 radical (unpaired) electrons. The van der Waals surface area contributed by atoms with E-state index in [1.54, 1.807) is 24.7 Å². The second kappa shape index (κ2) is 11.3. The van der Waals surface area contributed by atoms with Crippen molar-refractivity contribution in [2.45, 2.75) is 45.8 Å². The minimum Gasteiger partial charge on any atom is -0.478 e. The summed E-state index contributed by atoms with van der Waals surface area (Å²) >= 11 is 0. The molecule has 0 spiro atoms. The standard InChI is InChI=1S/C31H33N3O4/c1-5-17-31(3,30(36)37)38-27-16-11-22(18-21(27)2)19-32-29(35)28-26(20-34(4)33-28)25-14-12-24(13-15-25)23-9-7-6-8-10-23/h6-16,18,20H,5,17,19H2,1-4H3,(H,32,35)(H,36,37). The molecule has 7 nitrogen and oxygen atoms in total. The van der Waals surface area contributed by atoms with Crippen LogP contribution in [0.15, 0.2) is 79.0 Å². The Balaban J connectivity index is 1.46. The number of aryl methyl sites for hydroxylation is 2. The van der Waals surface area contributed by atoms with Crippen molar-refractivity contribution in [3.05, 3.63) is 95.8 Å². The van der Waals surface area contributed by atoms with Gasteiger partial charge in [0.15, 0.2) is 5.69 Å². The molecule has 2 N–H and O–H groups in total. The summed E-state index contributed by atoms with van der Waals surface area (Å²) in [5.74, 6) is -0.743. The number of hydrogen-bond donors (Lipinski definition) is 2. The van der Waals surface area contributed by atoms with E-state index < -0.39 is 11.6 Å². The zero-order valence-electron chi connectivity index (χ0n) is 22.2. The van der Waals surface area contributed by atoms with Crippen molar-refractivity contribution in [3.8, 4) is 28.0 Å². The summed E-state index contributed by atoms with van der Waals surface area (Å²) in [4.78, 5) is 24.9. The number of benzene rings is 3. The Morgan fingerprint density at radius 2 is 1.66 bits per heavy atom. The van der Waals surface area contributed by atoms with Crippen LogP contribution in [0.5, 0.6) is 5.75 Å². The topological polar surface area (TPSA) is 93.5 Å². The SMILES string of the molecule is CCCC(C)(Oc1ccc(CNC(=O)c2nn(C)cc2-c2ccc(-c3ccccc3)cc2)cc1C)C(=O)O. The number of hydrogen-bond acceptors (Lipinski definition) is 4. The van der Waals surface area contributed by atoms with Crippen LogP contribution in [0.25, 0.3) is 22.3 Å². The van der Waals surface area contributed by atoms with Crippen molar-refractivity contribution in [2.24, 2.45) is 7.05 Å². The summed E-state index contributed by atoms with van der Waals surface area (Å²) in [5, 5.41) is 17.0. The van der Waals surface area contributed by atoms with Gasteiger partial charge < -0.3 is 15.2 Å². The smallest absolute Gasteiger partial charge is 0.347 e. The van der Waals surface area contributed by atoms with Crippen molar-refractivity contribution >= 4 is 11.9 Å². The highest BCUT2D eigenvalue weighted by molar-refractivity contribution is 5.99. The molecule has 1 aromatic heterocycles. The van der Waals surface area contributed by atoms with E-state index in [1.165, 1.54) is 0 Å². The number of amides is 1. The van der Waals surface area contributed by atoms with E-state index in [0.717, 1.165) is 33.4 Å². The van der Waals surface area contributed by atoms with Crippen LogP contribution in [-0.2, 0) is 18.4 Å². The Labute approximate surface area is 223 Å². The number of carbonyl (C=O) groups excluding carboxylic acids is 1. The number of nitrogens with zero attached hydrogens (tertiary/aromatic N) is 2. The number of nitrogens with one attached hydrogen (secondary N) is 1. The number of carboxylic acid groups (broad SMARTS) is 1. The molecule has 0 saturated heterocycles. The largest absolute Gasteiger partial charge is 0.478 e. The molecule has 196 valence electrons. The minimum absolute atomic E-state index is 0.271. The third-order valence-electron chi connectivity index (χ3n) is 6.55. The van der Waals surface area contributed by atoms with Crippen LogP contribution in [0, 0.1) is 6.92 Å². The zero-order valence-corrected chi connectivity index (χ0v) is 22.2. The third kappa shape index (κ3) is 5.94. The molecule has 1 amide bonds. The van der Waals surface area contributed by atoms with Crippen molar-refractivity contribution in [1.29, 1.82) is 0 Å². The van der Waals surface area contributed by atoms with Crippen molar-refractivity contribution in [1.82, 2.24) is 15.1 Å². The predicted molar refractivity (Wildman–Crippen MR) is 148 cm³/mol. The van der Waals surface area contributed by atoms with E-state index in [9.17, 15) is 14.7 Å². The first-order chi connectivity index (χ1) is 18.2. The van der Waals surface area contributed by atoms with E-state index >= 15 is 0 Å². The summed E-state index contributed by atoms with van der Waals surface area (Å²) in [7, 11) is 1.80. The molecule has 3 aromatic carbocycles. The molecule has 0 aliphatic heterocycles. The van der Waals surface area contributed by atoms with Gasteiger partial charge in [-0.1, -0.05) is 80.1 Å². The molecule has 38 heavy (non-hydrogen) atoms. The quantitative estimate of drug-likeness (QED) is 0.272. The van der Waals surface area contributed by atoms with Gasteiger partial charge in [0.05, 0.1) is 0 Å². The maximum atomic E-state index is 13.1. The van der Waals surface area contributed by atoms with Gasteiger partial charge in [0, 0.05) is 25.4 Å². The van der Waals surface area contributed by atoms with Crippen molar-refractivity contribution in [3.63, 3.8) is 0 Å². The van der Waals surface area contributed by atoms with Gasteiger partial charge in [0.2, 0.25) is 5.60 Å². The normalized spacial score (nSPS) is 12.5. The lowest BCUT2D eigenvalue weighted by atomic mass is 10.00. The number of carbonyl (C=O) groups is 2. The van der Waals surface area contributed by atoms with E-state index in [2.05, 4.69) is 22.5 Å². The fourth-order valence-corrected chi connectivity index (χ4v) is 4.46. The second-order valence-electron chi connectivity index (χ2n) is 9.68. The van der Waals surface area contributed by atoms with Crippen LogP contribution in [-0.4, -0.2) is 32.4 Å². The van der Waals surface area contributed by atoms with Gasteiger partial charge in [-0.25, -0.2) is 4.79 Å². The molecule has 0 aliphatic rings. The number of aromatic nitrogens is 2. The summed E-state index contributed by atoms with van der Waals surface area (Å²) in [6.07, 6.45) is 2.94. The van der Waals surface area contributed by atoms with Crippen LogP contribution in [0.1, 0.15) is 48.3 Å². The third-order valence-corrected chi connectivity index (χ3v) is 6.55. The van der Waals surface area contributed by atoms with E-state index in [-0.39, 0.29) is 5.91 Å². The Bertz CT molecular complexity index is 1430. The maximum absolute atomic E-state index is 13.1. The van der Waals surface area contributed by atoms with Crippen molar-refractivity contribution < 1.29 is 19.4 Å². The molecule has 4 rings (SSSR count). The van der Waals surface area contributed by atoms with Gasteiger partial charge in [0.25, 0.3) is 5.91 Å². The van der Waals surface area contributed by atoms with Gasteiger partial charge in [-0.2, -0.15) is 5.10 Å². The van der Waals surface area contributed by atoms with Crippen molar-refractivity contribution in [2.75, 3.05) is 0 Å². The first kappa shape index (κ1) is 26.7. The van der Waals surface area contributed by atoms with Crippen LogP contribution in [0.2, 0.25) is 0 Å². The first-order valence-electron chi connectivity index (χ1n) is 12.7. The minimum atomic E-state index is -1.29. The molecule has 1 atom stereocenters. The molecule has 4 aromatic rings. The fraction of sp³-hybridized carbons (Fsp3) is 0.258. The van der Waals surface area contributed by atoms with Gasteiger partial charge in [0.1, 0.15) is 5.75 Å². The van der Waals surface area contributed by atoms with E-state index in [4.69, 9.17) is 4.74 Å². The van der Waals surface area contributed by atoms with Crippen LogP contribution in [0.4, 0.5) is 0 Å². The number of aliphatic carboxylic acids is 1. The molecule has 0 aliphatic carbocycles. The van der Waals surface area contributed by atoms with E-state index in [1.807, 2.05) is 74.6 Å². The fourth-order valence-electron chi connectivity index (χ4n) is 4.46. The molecule has 0 bridgehead atoms. The molecular weight excluding hydrogens is 478 g/mol. The number of carboxylic acids is 1. The Morgan fingerprint density at radius 3 is 2.29 bits per heavy atom. The zero-order chi connectivity index (χ0) is 27.3. The van der Waals surface area contributed by atoms with Gasteiger partial charge in [-0.3, -0.25) is 9.48 Å². The van der Waals surface area contributed by atoms with E-state index in [0.29, 0.717) is 30.8 Å². The maximum Gasteiger partial charge on any atom is 0.347 e. The predicted octanol–water partition coefficient (Wildman–Crippen LogP) is 6.01. The van der Waals surface area contributed by atoms with Crippen LogP contribution >= 0.6 is 0 Å². The molecule has 1 heterocycles. The van der Waals surface area contributed by atoms with Gasteiger partial charge in [-0.05, 0) is 54.2 Å². The molecule has 1 unspecified atom stereocenters. The Hall–Kier alpha value is -4.39. The van der Waals surface area contributed by atoms with Gasteiger partial charge >= 0.3 is 5.97 Å². The average Bonchev–Trinajstić information content (AvgIpc) is 3.31. The molecule has 0 fully saturated rings. The van der Waals surface area contributed by atoms with Crippen LogP contribution < -0.4 is 10.1 Å². The number of rotatable bonds is 10. The Morgan fingerprint density at radius 1 is 1.00 bits per heavy atom. The highest BCUT2D eigenvalue weighted by Crippen LogP contribution is 2.28. The second-order valence-corrected chi connectivity index (χ2v) is 9.68. The highest BCUT2D eigenvalue weighted by atomic mass is 16.5. The Kier molecular flexibility index (Phi) is 7.96. The highest BCUT2D eigenvalue weighted by Gasteiger charge is 2.35. The monoisotopic (exact) mass is 511 g/mol. The molecule has 0 saturated carbocycles. The summed E-state index contributed by atoms with van der Waals surface area (Å²) < 4.78 is 7.53. The molecular formula is C31H33N3O4. The van der Waals surface area contributed by atoms with Gasteiger partial charge in [-0.15, -0.1) is 0 Å². The summed E-state index contributed by atoms with van der Waals surface area (Å²) in [6, 6.07) is 23.7. The average molecular weight is 512 g/mol. The lowest BCUT2D eigenvalue weighted by molar-refractivity contribution is -0.154. The summed E-state index contributed by atoms with van der Waals surface area (Å²) in [6.45, 7) is 5.68. The molecule has 7 heteroatoms. The van der Waals surface area contributed by atoms with Crippen LogP contribution in [0.3, 0.4) is 0 Å². The first-order valence-corrected chi connectivity index (χ1v) is 12.7. The number of ether oxygens (including phenoxy) is 1. The summed E-state index contributed by atoms with van der Waals surface area (Å²) in [5.41, 5.74) is 4.65. The lowest BCUT2D eigenvalue weighted by Gasteiger charge is -2.27.